The van der Waals surface area contributed by atoms with Gasteiger partial charge >= 0.3 is 10.1 Å². The molecule has 0 bridgehead atoms. The molecular formula is C20H20O6S. The van der Waals surface area contributed by atoms with Crippen LogP contribution in [0.25, 0.3) is 0 Å². The van der Waals surface area contributed by atoms with Crippen molar-refractivity contribution in [3.8, 4) is 17.2 Å². The molecule has 0 saturated carbocycles. The Bertz CT molecular complexity index is 1030. The van der Waals surface area contributed by atoms with Crippen LogP contribution in [-0.2, 0) is 10.1 Å². The largest absolute Gasteiger partial charge is 0.490 e. The topological polar surface area (TPSA) is 78.9 Å². The van der Waals surface area contributed by atoms with Crippen LogP contribution in [0, 0.1) is 6.92 Å². The first-order valence-corrected chi connectivity index (χ1v) is 10.3. The zero-order valence-corrected chi connectivity index (χ0v) is 16.0. The second-order valence-corrected chi connectivity index (χ2v) is 8.44. The molecule has 1 atom stereocenters. The zero-order valence-electron chi connectivity index (χ0n) is 15.2. The maximum Gasteiger partial charge on any atom is 0.339 e. The number of hydrogen-bond donors (Lipinski definition) is 0. The van der Waals surface area contributed by atoms with E-state index in [-0.39, 0.29) is 22.3 Å². The number of carbonyl (C=O) groups excluding carboxylic acids is 1. The molecule has 27 heavy (non-hydrogen) atoms. The predicted octanol–water partition coefficient (Wildman–Crippen LogP) is 3.61. The van der Waals surface area contributed by atoms with Gasteiger partial charge in [0.05, 0.1) is 18.8 Å². The molecule has 4 rings (SSSR count). The summed E-state index contributed by atoms with van der Waals surface area (Å²) in [5, 5.41) is 0. The van der Waals surface area contributed by atoms with Gasteiger partial charge in [-0.25, -0.2) is 0 Å². The Balaban J connectivity index is 1.71. The second kappa shape index (κ2) is 6.56. The third kappa shape index (κ3) is 3.16. The Morgan fingerprint density at radius 2 is 1.81 bits per heavy atom. The fraction of sp³-hybridized carbons (Fsp3) is 0.350. The van der Waals surface area contributed by atoms with Crippen LogP contribution in [-0.4, -0.2) is 27.4 Å². The molecule has 6 nitrogen and oxygen atoms in total. The first-order valence-electron chi connectivity index (χ1n) is 8.87. The number of carbonyl (C=O) groups is 1. The molecule has 0 amide bonds. The number of Topliss-reactive ketones (excluding diaryl/α,β-unsaturated/α-hetero) is 1. The van der Waals surface area contributed by atoms with Crippen LogP contribution < -0.4 is 13.7 Å². The summed E-state index contributed by atoms with van der Waals surface area (Å²) in [7, 11) is -4.12. The molecule has 1 unspecified atom stereocenters. The maximum absolute atomic E-state index is 12.8. The van der Waals surface area contributed by atoms with Gasteiger partial charge in [-0.05, 0) is 42.2 Å². The van der Waals surface area contributed by atoms with Crippen LogP contribution in [0.2, 0.25) is 0 Å². The van der Waals surface area contributed by atoms with E-state index in [4.69, 9.17) is 13.7 Å². The van der Waals surface area contributed by atoms with Crippen LogP contribution in [0.1, 0.15) is 47.2 Å². The summed E-state index contributed by atoms with van der Waals surface area (Å²) in [4.78, 5) is 12.3. The van der Waals surface area contributed by atoms with Crippen molar-refractivity contribution in [1.82, 2.24) is 0 Å². The normalized spacial score (nSPS) is 18.7. The van der Waals surface area contributed by atoms with Crippen molar-refractivity contribution in [2.45, 2.75) is 37.5 Å². The quantitative estimate of drug-likeness (QED) is 0.748. The van der Waals surface area contributed by atoms with Crippen molar-refractivity contribution in [2.75, 3.05) is 13.2 Å². The Morgan fingerprint density at radius 3 is 2.59 bits per heavy atom. The summed E-state index contributed by atoms with van der Waals surface area (Å²) in [6, 6.07) is 7.71. The molecule has 0 N–H and O–H groups in total. The summed E-state index contributed by atoms with van der Waals surface area (Å²) in [6.07, 6.45) is 1.09. The summed E-state index contributed by atoms with van der Waals surface area (Å²) in [5.41, 5.74) is 2.20. The number of benzene rings is 2. The molecule has 1 aliphatic heterocycles. The lowest BCUT2D eigenvalue weighted by atomic mass is 9.98. The zero-order chi connectivity index (χ0) is 19.2. The fourth-order valence-electron chi connectivity index (χ4n) is 3.64. The third-order valence-electron chi connectivity index (χ3n) is 4.90. The van der Waals surface area contributed by atoms with Crippen LogP contribution in [0.4, 0.5) is 0 Å². The highest BCUT2D eigenvalue weighted by atomic mass is 32.2. The smallest absolute Gasteiger partial charge is 0.339 e. The highest BCUT2D eigenvalue weighted by molar-refractivity contribution is 7.87. The third-order valence-corrected chi connectivity index (χ3v) is 6.13. The predicted molar refractivity (Wildman–Crippen MR) is 98.4 cm³/mol. The van der Waals surface area contributed by atoms with Crippen molar-refractivity contribution < 1.29 is 26.9 Å². The van der Waals surface area contributed by atoms with E-state index in [0.29, 0.717) is 36.7 Å². The summed E-state index contributed by atoms with van der Waals surface area (Å²) in [6.45, 7) is 4.84. The minimum Gasteiger partial charge on any atom is -0.490 e. The van der Waals surface area contributed by atoms with Gasteiger partial charge in [-0.1, -0.05) is 13.0 Å². The molecule has 2 aromatic carbocycles. The Kier molecular flexibility index (Phi) is 4.34. The van der Waals surface area contributed by atoms with E-state index in [1.165, 1.54) is 12.1 Å². The molecule has 2 aliphatic rings. The number of rotatable bonds is 3. The van der Waals surface area contributed by atoms with E-state index >= 15 is 0 Å². The first kappa shape index (κ1) is 17.9. The standard InChI is InChI=1S/C20H20O6S/c1-12-4-6-17(20-15(21)10-13(2)19(12)20)26-27(22,23)14-5-7-16-18(11-14)25-9-3-8-24-16/h4-7,11,13H,3,8-10H2,1-2H3. The van der Waals surface area contributed by atoms with Gasteiger partial charge in [0.1, 0.15) is 4.90 Å². The summed E-state index contributed by atoms with van der Waals surface area (Å²) >= 11 is 0. The summed E-state index contributed by atoms with van der Waals surface area (Å²) in [5.74, 6) is 0.918. The highest BCUT2D eigenvalue weighted by Gasteiger charge is 2.33. The average Bonchev–Trinajstić information content (AvgIpc) is 2.80. The molecule has 1 aliphatic carbocycles. The van der Waals surface area contributed by atoms with Crippen molar-refractivity contribution >= 4 is 15.9 Å². The fourth-order valence-corrected chi connectivity index (χ4v) is 4.60. The Labute approximate surface area is 158 Å². The lowest BCUT2D eigenvalue weighted by Crippen LogP contribution is -2.12. The highest BCUT2D eigenvalue weighted by Crippen LogP contribution is 2.41. The minimum atomic E-state index is -4.12. The number of ether oxygens (including phenoxy) is 2. The number of hydrogen-bond acceptors (Lipinski definition) is 6. The molecule has 1 heterocycles. The van der Waals surface area contributed by atoms with Crippen LogP contribution in [0.3, 0.4) is 0 Å². The van der Waals surface area contributed by atoms with Crippen molar-refractivity contribution in [2.24, 2.45) is 0 Å². The molecule has 2 aromatic rings. The van der Waals surface area contributed by atoms with E-state index in [9.17, 15) is 13.2 Å². The Hall–Kier alpha value is -2.54. The van der Waals surface area contributed by atoms with Crippen molar-refractivity contribution in [3.05, 3.63) is 47.0 Å². The van der Waals surface area contributed by atoms with Crippen LogP contribution in [0.5, 0.6) is 17.2 Å². The summed E-state index contributed by atoms with van der Waals surface area (Å²) < 4.78 is 42.1. The monoisotopic (exact) mass is 388 g/mol. The SMILES string of the molecule is Cc1ccc(OS(=O)(=O)c2ccc3c(c2)OCCCO3)c2c1C(C)CC2=O. The van der Waals surface area contributed by atoms with Gasteiger partial charge in [0.25, 0.3) is 0 Å². The molecule has 0 radical (unpaired) electrons. The lowest BCUT2D eigenvalue weighted by Gasteiger charge is -2.14. The van der Waals surface area contributed by atoms with Crippen molar-refractivity contribution in [1.29, 1.82) is 0 Å². The van der Waals surface area contributed by atoms with Gasteiger partial charge in [0.2, 0.25) is 0 Å². The van der Waals surface area contributed by atoms with Gasteiger partial charge < -0.3 is 13.7 Å². The van der Waals surface area contributed by atoms with Gasteiger partial charge in [-0.2, -0.15) is 8.42 Å². The molecule has 0 saturated heterocycles. The van der Waals surface area contributed by atoms with E-state index in [0.717, 1.165) is 17.5 Å². The van der Waals surface area contributed by atoms with Gasteiger partial charge in [0.15, 0.2) is 23.0 Å². The number of aryl methyl sites for hydroxylation is 1. The molecule has 142 valence electrons. The molecule has 0 aromatic heterocycles. The number of ketones is 1. The number of fused-ring (bicyclic) bond motifs is 2. The molecule has 7 heteroatoms. The average molecular weight is 388 g/mol. The van der Waals surface area contributed by atoms with E-state index < -0.39 is 10.1 Å². The van der Waals surface area contributed by atoms with Gasteiger partial charge in [-0.15, -0.1) is 0 Å². The van der Waals surface area contributed by atoms with Crippen LogP contribution in [0.15, 0.2) is 35.2 Å². The lowest BCUT2D eigenvalue weighted by molar-refractivity contribution is 0.0989. The van der Waals surface area contributed by atoms with Crippen LogP contribution >= 0.6 is 0 Å². The van der Waals surface area contributed by atoms with E-state index in [1.54, 1.807) is 18.2 Å². The second-order valence-electron chi connectivity index (χ2n) is 6.89. The molecule has 0 fully saturated rings. The molecular weight excluding hydrogens is 368 g/mol. The van der Waals surface area contributed by atoms with Crippen molar-refractivity contribution in [3.63, 3.8) is 0 Å². The Morgan fingerprint density at radius 1 is 1.07 bits per heavy atom. The first-order chi connectivity index (χ1) is 12.9. The van der Waals surface area contributed by atoms with E-state index in [1.807, 2.05) is 13.8 Å². The maximum atomic E-state index is 12.8. The molecule has 0 spiro atoms. The van der Waals surface area contributed by atoms with Gasteiger partial charge in [-0.3, -0.25) is 4.79 Å². The van der Waals surface area contributed by atoms with E-state index in [2.05, 4.69) is 0 Å². The minimum absolute atomic E-state index is 0.0421. The van der Waals surface area contributed by atoms with Gasteiger partial charge in [0, 0.05) is 18.9 Å².